The van der Waals surface area contributed by atoms with E-state index in [1.54, 1.807) is 6.07 Å². The van der Waals surface area contributed by atoms with Crippen LogP contribution in [0.15, 0.2) is 29.2 Å². The summed E-state index contributed by atoms with van der Waals surface area (Å²) in [6.45, 7) is 2.08. The van der Waals surface area contributed by atoms with Crippen LogP contribution in [0.25, 0.3) is 0 Å². The predicted molar refractivity (Wildman–Crippen MR) is 56.0 cm³/mol. The second-order valence-electron chi connectivity index (χ2n) is 3.23. The normalized spacial score (nSPS) is 10.8. The maximum absolute atomic E-state index is 10.8. The van der Waals surface area contributed by atoms with Crippen molar-refractivity contribution < 1.29 is 33.3 Å². The Kier molecular flexibility index (Phi) is 6.23. The van der Waals surface area contributed by atoms with Crippen LogP contribution >= 0.6 is 0 Å². The molecule has 0 aromatic heterocycles. The third-order valence-electron chi connectivity index (χ3n) is 2.02. The van der Waals surface area contributed by atoms with Gasteiger partial charge in [-0.3, -0.25) is 4.55 Å². The van der Waals surface area contributed by atoms with Crippen LogP contribution in [0, 0.1) is 0 Å². The smallest absolute Gasteiger partial charge is 1.00 e. The Hall–Kier alpha value is -0.273. The zero-order valence-corrected chi connectivity index (χ0v) is 9.92. The zero-order chi connectivity index (χ0) is 10.6. The molecule has 1 rings (SSSR count). The second kappa shape index (κ2) is 6.34. The summed E-state index contributed by atoms with van der Waals surface area (Å²) >= 11 is 0. The molecule has 0 aliphatic heterocycles. The summed E-state index contributed by atoms with van der Waals surface area (Å²) in [6.07, 6.45) is 2.94. The molecule has 1 N–H and O–H groups in total. The van der Waals surface area contributed by atoms with E-state index in [2.05, 4.69) is 6.92 Å². The average Bonchev–Trinajstić information content (AvgIpc) is 2.14. The summed E-state index contributed by atoms with van der Waals surface area (Å²) in [4.78, 5) is -0.0221. The Bertz CT molecular complexity index is 406. The first-order valence-corrected chi connectivity index (χ1v) is 6.04. The van der Waals surface area contributed by atoms with Gasteiger partial charge in [0.2, 0.25) is 0 Å². The molecule has 15 heavy (non-hydrogen) atoms. The minimum absolute atomic E-state index is 0. The van der Waals surface area contributed by atoms with Crippen molar-refractivity contribution in [3.8, 4) is 0 Å². The fraction of sp³-hybridized carbons (Fsp3) is 0.400. The number of benzene rings is 1. The van der Waals surface area contributed by atoms with Gasteiger partial charge in [-0.1, -0.05) is 25.5 Å². The third kappa shape index (κ3) is 4.85. The predicted octanol–water partition coefficient (Wildman–Crippen LogP) is -0.608. The molecular weight excluding hydrogens is 207 g/mol. The molecule has 0 amide bonds. The molecule has 0 radical (unpaired) electrons. The molecule has 0 saturated heterocycles. The molecule has 1 aromatic carbocycles. The van der Waals surface area contributed by atoms with E-state index in [0.29, 0.717) is 0 Å². The standard InChI is InChI=1S/C10H14O3S.Li.H/c1-2-3-5-9-6-4-7-10(8-9)14(11,12)13;;/h4,6-8H,2-3,5H2,1H3,(H,11,12,13);;/q;+1;-1. The van der Waals surface area contributed by atoms with Crippen molar-refractivity contribution in [1.29, 1.82) is 0 Å². The topological polar surface area (TPSA) is 54.4 Å². The van der Waals surface area contributed by atoms with Gasteiger partial charge in [-0.25, -0.2) is 0 Å². The first kappa shape index (κ1) is 14.7. The van der Waals surface area contributed by atoms with Crippen LogP contribution in [0.5, 0.6) is 0 Å². The minimum Gasteiger partial charge on any atom is -1.00 e. The van der Waals surface area contributed by atoms with Crippen molar-refractivity contribution in [3.63, 3.8) is 0 Å². The van der Waals surface area contributed by atoms with Gasteiger partial charge < -0.3 is 1.43 Å². The van der Waals surface area contributed by atoms with E-state index < -0.39 is 10.1 Å². The van der Waals surface area contributed by atoms with Crippen LogP contribution in [0.2, 0.25) is 0 Å². The number of unbranched alkanes of at least 4 members (excludes halogenated alkanes) is 1. The van der Waals surface area contributed by atoms with E-state index in [4.69, 9.17) is 4.55 Å². The van der Waals surface area contributed by atoms with E-state index in [1.165, 1.54) is 12.1 Å². The number of aryl methyl sites for hydroxylation is 1. The van der Waals surface area contributed by atoms with Gasteiger partial charge in [-0.15, -0.1) is 0 Å². The third-order valence-corrected chi connectivity index (χ3v) is 2.86. The summed E-state index contributed by atoms with van der Waals surface area (Å²) in [6, 6.07) is 6.42. The fourth-order valence-electron chi connectivity index (χ4n) is 1.24. The second-order valence-corrected chi connectivity index (χ2v) is 4.65. The van der Waals surface area contributed by atoms with Crippen LogP contribution < -0.4 is 18.9 Å². The van der Waals surface area contributed by atoms with Crippen molar-refractivity contribution in [2.45, 2.75) is 31.1 Å². The molecule has 0 heterocycles. The van der Waals surface area contributed by atoms with Gasteiger partial charge in [0, 0.05) is 0 Å². The van der Waals surface area contributed by atoms with Crippen molar-refractivity contribution in [2.75, 3.05) is 0 Å². The van der Waals surface area contributed by atoms with Gasteiger partial charge in [0.1, 0.15) is 0 Å². The van der Waals surface area contributed by atoms with Crippen LogP contribution in [-0.4, -0.2) is 13.0 Å². The molecule has 0 aliphatic rings. The molecule has 0 unspecified atom stereocenters. The summed E-state index contributed by atoms with van der Waals surface area (Å²) in [5.74, 6) is 0. The summed E-state index contributed by atoms with van der Waals surface area (Å²) in [5.41, 5.74) is 0.946. The van der Waals surface area contributed by atoms with Crippen LogP contribution in [0.1, 0.15) is 26.8 Å². The molecule has 3 nitrogen and oxygen atoms in total. The molecule has 0 bridgehead atoms. The maximum atomic E-state index is 10.8. The number of hydrogen-bond acceptors (Lipinski definition) is 2. The van der Waals surface area contributed by atoms with E-state index >= 15 is 0 Å². The Balaban J connectivity index is 0. The Labute approximate surface area is 104 Å². The number of hydrogen-bond donors (Lipinski definition) is 1. The molecule has 5 heteroatoms. The first-order chi connectivity index (χ1) is 6.54. The molecule has 1 aromatic rings. The largest absolute Gasteiger partial charge is 1.00 e. The monoisotopic (exact) mass is 222 g/mol. The van der Waals surface area contributed by atoms with Gasteiger partial charge in [-0.05, 0) is 30.5 Å². The number of rotatable bonds is 4. The molecule has 0 saturated carbocycles. The molecule has 80 valence electrons. The molecule has 0 aliphatic carbocycles. The minimum atomic E-state index is -4.05. The van der Waals surface area contributed by atoms with Crippen molar-refractivity contribution in [2.24, 2.45) is 0 Å². The first-order valence-electron chi connectivity index (χ1n) is 4.60. The quantitative estimate of drug-likeness (QED) is 0.546. The SMILES string of the molecule is CCCCc1cccc(S(=O)(=O)O)c1.[H-].[Li+]. The van der Waals surface area contributed by atoms with Gasteiger partial charge in [0.05, 0.1) is 4.90 Å². The Morgan fingerprint density at radius 3 is 2.60 bits per heavy atom. The van der Waals surface area contributed by atoms with Gasteiger partial charge in [0.25, 0.3) is 10.1 Å². The summed E-state index contributed by atoms with van der Waals surface area (Å²) in [7, 11) is -4.05. The summed E-state index contributed by atoms with van der Waals surface area (Å²) in [5, 5.41) is 0. The van der Waals surface area contributed by atoms with Gasteiger partial charge in [-0.2, -0.15) is 8.42 Å². The average molecular weight is 222 g/mol. The van der Waals surface area contributed by atoms with Crippen LogP contribution in [0.4, 0.5) is 0 Å². The van der Waals surface area contributed by atoms with E-state index in [0.717, 1.165) is 24.8 Å². The van der Waals surface area contributed by atoms with Crippen molar-refractivity contribution in [1.82, 2.24) is 0 Å². The van der Waals surface area contributed by atoms with Crippen molar-refractivity contribution in [3.05, 3.63) is 29.8 Å². The zero-order valence-electron chi connectivity index (χ0n) is 10.1. The summed E-state index contributed by atoms with van der Waals surface area (Å²) < 4.78 is 30.4. The molecule has 0 atom stereocenters. The Morgan fingerprint density at radius 1 is 1.40 bits per heavy atom. The van der Waals surface area contributed by atoms with E-state index in [-0.39, 0.29) is 25.2 Å². The molecular formula is C10H15LiO3S. The maximum Gasteiger partial charge on any atom is 1.00 e. The molecule has 0 spiro atoms. The van der Waals surface area contributed by atoms with E-state index in [9.17, 15) is 8.42 Å². The van der Waals surface area contributed by atoms with Crippen LogP contribution in [0.3, 0.4) is 0 Å². The van der Waals surface area contributed by atoms with Gasteiger partial charge in [0.15, 0.2) is 0 Å². The molecule has 0 fully saturated rings. The Morgan fingerprint density at radius 2 is 2.07 bits per heavy atom. The fourth-order valence-corrected chi connectivity index (χ4v) is 1.79. The van der Waals surface area contributed by atoms with Gasteiger partial charge >= 0.3 is 18.9 Å². The van der Waals surface area contributed by atoms with E-state index in [1.807, 2.05) is 6.07 Å². The van der Waals surface area contributed by atoms with Crippen molar-refractivity contribution >= 4 is 10.1 Å². The van der Waals surface area contributed by atoms with Crippen LogP contribution in [-0.2, 0) is 16.5 Å².